The molecule has 6 nitrogen and oxygen atoms in total. The maximum atomic E-state index is 13.6. The van der Waals surface area contributed by atoms with Crippen LogP contribution in [0.4, 0.5) is 5.69 Å². The largest absolute Gasteiger partial charge is 0.454 e. The number of ketones is 1. The van der Waals surface area contributed by atoms with Gasteiger partial charge in [0.25, 0.3) is 0 Å². The zero-order chi connectivity index (χ0) is 25.7. The molecule has 3 aliphatic rings. The molecule has 0 spiro atoms. The predicted octanol–water partition coefficient (Wildman–Crippen LogP) is 5.42. The summed E-state index contributed by atoms with van der Waals surface area (Å²) in [4.78, 5) is 53.4. The second-order valence-electron chi connectivity index (χ2n) is 10.0. The van der Waals surface area contributed by atoms with Gasteiger partial charge in [-0.3, -0.25) is 19.3 Å². The molecule has 3 fully saturated rings. The van der Waals surface area contributed by atoms with Gasteiger partial charge in [0.05, 0.1) is 23.1 Å². The lowest BCUT2D eigenvalue weighted by atomic mass is 9.73. The van der Waals surface area contributed by atoms with Crippen LogP contribution in [0.1, 0.15) is 45.0 Å². The highest BCUT2D eigenvalue weighted by Gasteiger charge is 2.64. The first-order valence-electron chi connectivity index (χ1n) is 12.4. The van der Waals surface area contributed by atoms with E-state index in [-0.39, 0.29) is 52.8 Å². The number of imide groups is 1. The van der Waals surface area contributed by atoms with Gasteiger partial charge in [-0.05, 0) is 66.5 Å². The monoisotopic (exact) mass is 557 g/mol. The molecule has 2 amide bonds. The smallest absolute Gasteiger partial charge is 0.338 e. The number of ether oxygens (including phenoxy) is 1. The molecule has 0 radical (unpaired) electrons. The minimum Gasteiger partial charge on any atom is -0.454 e. The lowest BCUT2D eigenvalue weighted by Crippen LogP contribution is -2.33. The Balaban J connectivity index is 1.18. The van der Waals surface area contributed by atoms with Crippen LogP contribution < -0.4 is 4.90 Å². The van der Waals surface area contributed by atoms with Crippen LogP contribution in [-0.4, -0.2) is 30.2 Å². The van der Waals surface area contributed by atoms with E-state index in [1.54, 1.807) is 42.5 Å². The number of hydrogen-bond donors (Lipinski definition) is 0. The third kappa shape index (κ3) is 4.11. The number of carbonyl (C=O) groups is 4. The zero-order valence-electron chi connectivity index (χ0n) is 19.9. The Morgan fingerprint density at radius 2 is 1.57 bits per heavy atom. The van der Waals surface area contributed by atoms with Crippen LogP contribution in [0, 0.1) is 23.7 Å². The summed E-state index contributed by atoms with van der Waals surface area (Å²) >= 11 is 3.32. The SMILES string of the molecule is O=C(COC(=O)c1cccc(N2C(=O)[C@@H]3[C@H]4C[C@H]([C@H]3C2=O)[C@H](c2ccccc2)C4)c1)c1ccc(Br)cc1. The molecule has 37 heavy (non-hydrogen) atoms. The number of halogens is 1. The summed E-state index contributed by atoms with van der Waals surface area (Å²) in [5.74, 6) is -1.35. The maximum Gasteiger partial charge on any atom is 0.338 e. The van der Waals surface area contributed by atoms with Crippen molar-refractivity contribution in [2.24, 2.45) is 23.7 Å². The normalized spacial score (nSPS) is 25.9. The van der Waals surface area contributed by atoms with Gasteiger partial charge in [-0.15, -0.1) is 0 Å². The summed E-state index contributed by atoms with van der Waals surface area (Å²) in [6, 6.07) is 23.4. The van der Waals surface area contributed by atoms with Gasteiger partial charge < -0.3 is 4.74 Å². The first kappa shape index (κ1) is 23.8. The number of Topliss-reactive ketones (excluding diaryl/α,β-unsaturated/α-hetero) is 1. The van der Waals surface area contributed by atoms with E-state index in [0.717, 1.165) is 17.3 Å². The Bertz CT molecular complexity index is 1400. The third-order valence-electron chi connectivity index (χ3n) is 8.08. The van der Waals surface area contributed by atoms with E-state index in [2.05, 4.69) is 28.1 Å². The maximum absolute atomic E-state index is 13.6. The van der Waals surface area contributed by atoms with E-state index in [4.69, 9.17) is 4.74 Å². The molecule has 1 saturated heterocycles. The molecule has 0 unspecified atom stereocenters. The first-order valence-corrected chi connectivity index (χ1v) is 13.2. The highest BCUT2D eigenvalue weighted by molar-refractivity contribution is 9.10. The minimum atomic E-state index is -0.684. The molecule has 1 aliphatic heterocycles. The molecule has 1 heterocycles. The average molecular weight is 558 g/mol. The first-order chi connectivity index (χ1) is 17.9. The van der Waals surface area contributed by atoms with Crippen molar-refractivity contribution in [3.63, 3.8) is 0 Å². The summed E-state index contributed by atoms with van der Waals surface area (Å²) in [6.45, 7) is -0.402. The van der Waals surface area contributed by atoms with Crippen molar-refractivity contribution in [2.75, 3.05) is 11.5 Å². The molecule has 2 saturated carbocycles. The van der Waals surface area contributed by atoms with E-state index >= 15 is 0 Å². The van der Waals surface area contributed by atoms with Crippen molar-refractivity contribution in [1.29, 1.82) is 0 Å². The fraction of sp³-hybridized carbons (Fsp3) is 0.267. The Kier molecular flexibility index (Phi) is 6.03. The molecule has 186 valence electrons. The predicted molar refractivity (Wildman–Crippen MR) is 140 cm³/mol. The number of fused-ring (bicyclic) bond motifs is 5. The molecular formula is C30H24BrNO5. The summed E-state index contributed by atoms with van der Waals surface area (Å²) < 4.78 is 6.08. The lowest BCUT2D eigenvalue weighted by molar-refractivity contribution is -0.123. The van der Waals surface area contributed by atoms with Crippen molar-refractivity contribution in [3.05, 3.63) is 100 Å². The van der Waals surface area contributed by atoms with Gasteiger partial charge in [0.1, 0.15) is 0 Å². The second kappa shape index (κ2) is 9.38. The molecular weight excluding hydrogens is 534 g/mol. The topological polar surface area (TPSA) is 80.8 Å². The van der Waals surface area contributed by atoms with E-state index in [1.807, 2.05) is 18.2 Å². The second-order valence-corrected chi connectivity index (χ2v) is 10.9. The number of anilines is 1. The standard InChI is InChI=1S/C30H24BrNO5/c31-21-11-9-18(10-12-21)25(33)16-37-30(36)19-7-4-8-22(13-19)32-28(34)26-20-14-23(17-5-2-1-3-6-17)24(15-20)27(26)29(32)35/h1-13,20,23-24,26-27H,14-16H2/t20-,23+,24+,26-,27-/m1/s1. The number of rotatable bonds is 6. The molecule has 0 N–H and O–H groups in total. The zero-order valence-corrected chi connectivity index (χ0v) is 21.5. The Morgan fingerprint density at radius 3 is 2.32 bits per heavy atom. The summed E-state index contributed by atoms with van der Waals surface area (Å²) in [5, 5.41) is 0. The average Bonchev–Trinajstić information content (AvgIpc) is 3.59. The lowest BCUT2D eigenvalue weighted by Gasteiger charge is -2.28. The summed E-state index contributed by atoms with van der Waals surface area (Å²) in [6.07, 6.45) is 1.82. The number of esters is 1. The van der Waals surface area contributed by atoms with Crippen LogP contribution >= 0.6 is 15.9 Å². The third-order valence-corrected chi connectivity index (χ3v) is 8.61. The van der Waals surface area contributed by atoms with E-state index in [1.165, 1.54) is 16.5 Å². The van der Waals surface area contributed by atoms with Crippen LogP contribution in [0.5, 0.6) is 0 Å². The van der Waals surface area contributed by atoms with E-state index < -0.39 is 12.6 Å². The van der Waals surface area contributed by atoms with Gasteiger partial charge in [-0.25, -0.2) is 4.79 Å². The van der Waals surface area contributed by atoms with Gasteiger partial charge in [-0.2, -0.15) is 0 Å². The van der Waals surface area contributed by atoms with Crippen molar-refractivity contribution >= 4 is 45.2 Å². The van der Waals surface area contributed by atoms with Crippen LogP contribution in [-0.2, 0) is 14.3 Å². The molecule has 5 atom stereocenters. The summed E-state index contributed by atoms with van der Waals surface area (Å²) in [7, 11) is 0. The van der Waals surface area contributed by atoms with Crippen LogP contribution in [0.3, 0.4) is 0 Å². The number of nitrogens with zero attached hydrogens (tertiary/aromatic N) is 1. The van der Waals surface area contributed by atoms with Gasteiger partial charge >= 0.3 is 5.97 Å². The Morgan fingerprint density at radius 1 is 0.838 bits per heavy atom. The van der Waals surface area contributed by atoms with Crippen molar-refractivity contribution in [3.8, 4) is 0 Å². The van der Waals surface area contributed by atoms with E-state index in [9.17, 15) is 19.2 Å². The Hall–Kier alpha value is -3.58. The van der Waals surface area contributed by atoms with Crippen molar-refractivity contribution in [2.45, 2.75) is 18.8 Å². The molecule has 7 heteroatoms. The molecule has 6 rings (SSSR count). The molecule has 0 aromatic heterocycles. The molecule has 2 aliphatic carbocycles. The fourth-order valence-electron chi connectivity index (χ4n) is 6.50. The molecule has 2 bridgehead atoms. The van der Waals surface area contributed by atoms with Gasteiger partial charge in [0.2, 0.25) is 11.8 Å². The quantitative estimate of drug-likeness (QED) is 0.230. The van der Waals surface area contributed by atoms with Gasteiger partial charge in [-0.1, -0.05) is 64.5 Å². The van der Waals surface area contributed by atoms with Crippen molar-refractivity contribution < 1.29 is 23.9 Å². The highest BCUT2D eigenvalue weighted by atomic mass is 79.9. The molecule has 3 aromatic carbocycles. The number of amides is 2. The fourth-order valence-corrected chi connectivity index (χ4v) is 6.77. The number of hydrogen-bond acceptors (Lipinski definition) is 5. The van der Waals surface area contributed by atoms with Gasteiger partial charge in [0, 0.05) is 10.0 Å². The highest BCUT2D eigenvalue weighted by Crippen LogP contribution is 2.61. The number of carbonyl (C=O) groups excluding carboxylic acids is 4. The number of benzene rings is 3. The minimum absolute atomic E-state index is 0.150. The molecule has 3 aromatic rings. The Labute approximate surface area is 222 Å². The van der Waals surface area contributed by atoms with Crippen LogP contribution in [0.25, 0.3) is 0 Å². The van der Waals surface area contributed by atoms with E-state index in [0.29, 0.717) is 11.3 Å². The van der Waals surface area contributed by atoms with Crippen LogP contribution in [0.15, 0.2) is 83.3 Å². The van der Waals surface area contributed by atoms with Crippen LogP contribution in [0.2, 0.25) is 0 Å². The van der Waals surface area contributed by atoms with Gasteiger partial charge in [0.15, 0.2) is 12.4 Å². The van der Waals surface area contributed by atoms with Crippen molar-refractivity contribution in [1.82, 2.24) is 0 Å². The summed E-state index contributed by atoms with van der Waals surface area (Å²) in [5.41, 5.74) is 2.22.